The molecule has 0 saturated carbocycles. The fourth-order valence-corrected chi connectivity index (χ4v) is 1.41. The van der Waals surface area contributed by atoms with Crippen molar-refractivity contribution in [2.24, 2.45) is 0 Å². The molecule has 1 rings (SSSR count). The summed E-state index contributed by atoms with van der Waals surface area (Å²) in [5, 5.41) is 0.584. The first-order valence-corrected chi connectivity index (χ1v) is 5.73. The van der Waals surface area contributed by atoms with Crippen LogP contribution in [0.25, 0.3) is 0 Å². The van der Waals surface area contributed by atoms with Crippen LogP contribution in [-0.4, -0.2) is 14.7 Å². The van der Waals surface area contributed by atoms with Crippen molar-refractivity contribution < 1.29 is 12.6 Å². The first-order valence-electron chi connectivity index (χ1n) is 3.54. The van der Waals surface area contributed by atoms with E-state index in [-0.39, 0.29) is 5.75 Å². The average molecular weight is 221 g/mol. The Hall–Kier alpha value is -0.740. The van der Waals surface area contributed by atoms with E-state index in [4.69, 9.17) is 11.6 Å². The van der Waals surface area contributed by atoms with Crippen LogP contribution >= 0.6 is 11.6 Å². The van der Waals surface area contributed by atoms with Crippen LogP contribution in [0.1, 0.15) is 5.56 Å². The molecule has 72 valence electrons. The van der Waals surface area contributed by atoms with Gasteiger partial charge < -0.3 is 4.18 Å². The van der Waals surface area contributed by atoms with Gasteiger partial charge in [-0.2, -0.15) is 8.42 Å². The summed E-state index contributed by atoms with van der Waals surface area (Å²) < 4.78 is 26.1. The van der Waals surface area contributed by atoms with Gasteiger partial charge in [0.05, 0.1) is 6.26 Å². The highest BCUT2D eigenvalue weighted by atomic mass is 35.5. The fraction of sp³-hybridized carbons (Fsp3) is 0.250. The van der Waals surface area contributed by atoms with Gasteiger partial charge in [0, 0.05) is 5.02 Å². The van der Waals surface area contributed by atoms with Crippen molar-refractivity contribution in [3.63, 3.8) is 0 Å². The Bertz CT molecular complexity index is 411. The van der Waals surface area contributed by atoms with E-state index < -0.39 is 10.1 Å². The molecule has 3 nitrogen and oxygen atoms in total. The maximum Gasteiger partial charge on any atom is 0.306 e. The molecule has 0 bridgehead atoms. The van der Waals surface area contributed by atoms with Crippen molar-refractivity contribution in [2.45, 2.75) is 6.92 Å². The minimum atomic E-state index is -3.45. The highest BCUT2D eigenvalue weighted by Crippen LogP contribution is 2.21. The molecule has 13 heavy (non-hydrogen) atoms. The van der Waals surface area contributed by atoms with Crippen LogP contribution in [0, 0.1) is 6.92 Å². The quantitative estimate of drug-likeness (QED) is 0.716. The third-order valence-corrected chi connectivity index (χ3v) is 2.30. The Balaban J connectivity index is 2.99. The Morgan fingerprint density at radius 2 is 2.00 bits per heavy atom. The van der Waals surface area contributed by atoms with Gasteiger partial charge in [0.15, 0.2) is 0 Å². The SMILES string of the molecule is Cc1cc(OS(C)(=O)=O)ccc1Cl. The minimum Gasteiger partial charge on any atom is -0.383 e. The average Bonchev–Trinajstić information content (AvgIpc) is 1.94. The molecule has 0 fully saturated rings. The number of hydrogen-bond acceptors (Lipinski definition) is 3. The molecule has 0 aromatic heterocycles. The summed E-state index contributed by atoms with van der Waals surface area (Å²) in [7, 11) is -3.45. The van der Waals surface area contributed by atoms with Crippen molar-refractivity contribution in [1.29, 1.82) is 0 Å². The highest BCUT2D eigenvalue weighted by molar-refractivity contribution is 7.86. The summed E-state index contributed by atoms with van der Waals surface area (Å²) in [6.45, 7) is 1.78. The predicted molar refractivity (Wildman–Crippen MR) is 51.7 cm³/mol. The maximum atomic E-state index is 10.7. The molecule has 0 spiro atoms. The van der Waals surface area contributed by atoms with Crippen molar-refractivity contribution in [1.82, 2.24) is 0 Å². The van der Waals surface area contributed by atoms with E-state index in [0.717, 1.165) is 11.8 Å². The molecule has 1 aromatic carbocycles. The lowest BCUT2D eigenvalue weighted by molar-refractivity contribution is 0.493. The number of rotatable bonds is 2. The molecule has 0 radical (unpaired) electrons. The fourth-order valence-electron chi connectivity index (χ4n) is 0.844. The van der Waals surface area contributed by atoms with Crippen LogP contribution < -0.4 is 4.18 Å². The molecule has 0 saturated heterocycles. The van der Waals surface area contributed by atoms with Gasteiger partial charge in [0.1, 0.15) is 5.75 Å². The van der Waals surface area contributed by atoms with E-state index in [0.29, 0.717) is 5.02 Å². The van der Waals surface area contributed by atoms with E-state index in [1.54, 1.807) is 19.1 Å². The van der Waals surface area contributed by atoms with Crippen LogP contribution in [-0.2, 0) is 10.1 Å². The van der Waals surface area contributed by atoms with E-state index in [1.165, 1.54) is 6.07 Å². The topological polar surface area (TPSA) is 43.4 Å². The second kappa shape index (κ2) is 3.55. The molecule has 0 amide bonds. The van der Waals surface area contributed by atoms with Crippen molar-refractivity contribution >= 4 is 21.7 Å². The normalized spacial score (nSPS) is 11.3. The molecule has 0 atom stereocenters. The summed E-state index contributed by atoms with van der Waals surface area (Å²) in [4.78, 5) is 0. The molecular formula is C8H9ClO3S. The monoisotopic (exact) mass is 220 g/mol. The largest absolute Gasteiger partial charge is 0.383 e. The van der Waals surface area contributed by atoms with Gasteiger partial charge >= 0.3 is 10.1 Å². The van der Waals surface area contributed by atoms with Gasteiger partial charge in [-0.15, -0.1) is 0 Å². The van der Waals surface area contributed by atoms with Gasteiger partial charge in [-0.25, -0.2) is 0 Å². The van der Waals surface area contributed by atoms with Crippen LogP contribution in [0.3, 0.4) is 0 Å². The van der Waals surface area contributed by atoms with Gasteiger partial charge in [-0.3, -0.25) is 0 Å². The van der Waals surface area contributed by atoms with Gasteiger partial charge in [0.25, 0.3) is 0 Å². The second-order valence-corrected chi connectivity index (χ2v) is 4.68. The molecule has 0 aliphatic heterocycles. The first-order chi connectivity index (χ1) is 5.88. The lowest BCUT2D eigenvalue weighted by Crippen LogP contribution is -2.05. The predicted octanol–water partition coefficient (Wildman–Crippen LogP) is 1.99. The smallest absolute Gasteiger partial charge is 0.306 e. The summed E-state index contributed by atoms with van der Waals surface area (Å²) in [5.41, 5.74) is 0.780. The van der Waals surface area contributed by atoms with Crippen LogP contribution in [0.4, 0.5) is 0 Å². The van der Waals surface area contributed by atoms with E-state index >= 15 is 0 Å². The zero-order valence-electron chi connectivity index (χ0n) is 7.24. The molecule has 0 aliphatic carbocycles. The first kappa shape index (κ1) is 10.3. The summed E-state index contributed by atoms with van der Waals surface area (Å²) in [6.07, 6.45) is 0.997. The van der Waals surface area contributed by atoms with Crippen LogP contribution in [0.2, 0.25) is 5.02 Å². The molecule has 1 aromatic rings. The Labute approximate surface area is 82.4 Å². The molecule has 0 heterocycles. The molecule has 0 unspecified atom stereocenters. The minimum absolute atomic E-state index is 0.282. The van der Waals surface area contributed by atoms with Crippen LogP contribution in [0.5, 0.6) is 5.75 Å². The third-order valence-electron chi connectivity index (χ3n) is 1.38. The van der Waals surface area contributed by atoms with Gasteiger partial charge in [0.2, 0.25) is 0 Å². The highest BCUT2D eigenvalue weighted by Gasteiger charge is 2.05. The van der Waals surface area contributed by atoms with Gasteiger partial charge in [-0.1, -0.05) is 11.6 Å². The Morgan fingerprint density at radius 1 is 1.38 bits per heavy atom. The van der Waals surface area contributed by atoms with E-state index in [9.17, 15) is 8.42 Å². The molecule has 0 N–H and O–H groups in total. The maximum absolute atomic E-state index is 10.7. The molecule has 0 aliphatic rings. The lowest BCUT2D eigenvalue weighted by atomic mass is 10.2. The molecular weight excluding hydrogens is 212 g/mol. The summed E-state index contributed by atoms with van der Waals surface area (Å²) in [5.74, 6) is 0.282. The standard InChI is InChI=1S/C8H9ClO3S/c1-6-5-7(3-4-8(6)9)12-13(2,10)11/h3-5H,1-2H3. The summed E-state index contributed by atoms with van der Waals surface area (Å²) in [6, 6.07) is 4.68. The molecule has 5 heteroatoms. The zero-order valence-corrected chi connectivity index (χ0v) is 8.82. The van der Waals surface area contributed by atoms with Gasteiger partial charge in [-0.05, 0) is 30.7 Å². The van der Waals surface area contributed by atoms with Crippen LogP contribution in [0.15, 0.2) is 18.2 Å². The number of aryl methyl sites for hydroxylation is 1. The number of halogens is 1. The summed E-state index contributed by atoms with van der Waals surface area (Å²) >= 11 is 5.75. The van der Waals surface area contributed by atoms with Crippen molar-refractivity contribution in [2.75, 3.05) is 6.26 Å². The lowest BCUT2D eigenvalue weighted by Gasteiger charge is -2.04. The Kier molecular flexibility index (Phi) is 2.83. The van der Waals surface area contributed by atoms with E-state index in [2.05, 4.69) is 4.18 Å². The van der Waals surface area contributed by atoms with E-state index in [1.807, 2.05) is 0 Å². The zero-order chi connectivity index (χ0) is 10.1. The second-order valence-electron chi connectivity index (χ2n) is 2.70. The number of hydrogen-bond donors (Lipinski definition) is 0. The van der Waals surface area contributed by atoms with Crippen molar-refractivity contribution in [3.05, 3.63) is 28.8 Å². The third kappa shape index (κ3) is 3.24. The number of benzene rings is 1. The Morgan fingerprint density at radius 3 is 2.46 bits per heavy atom. The van der Waals surface area contributed by atoms with Crippen molar-refractivity contribution in [3.8, 4) is 5.75 Å².